The summed E-state index contributed by atoms with van der Waals surface area (Å²) in [5.41, 5.74) is 11.5. The van der Waals surface area contributed by atoms with Crippen molar-refractivity contribution >= 4 is 38.6 Å². The summed E-state index contributed by atoms with van der Waals surface area (Å²) in [7, 11) is 0. The average Bonchev–Trinajstić information content (AvgIpc) is 3.17. The van der Waals surface area contributed by atoms with Gasteiger partial charge in [-0.1, -0.05) is 92.7 Å². The molecule has 0 aliphatic heterocycles. The van der Waals surface area contributed by atoms with Crippen LogP contribution in [0.1, 0.15) is 36.1 Å². The van der Waals surface area contributed by atoms with Crippen LogP contribution in [0.3, 0.4) is 0 Å². The fourth-order valence-electron chi connectivity index (χ4n) is 6.41. The molecule has 184 valence electrons. The van der Waals surface area contributed by atoms with Crippen LogP contribution in [-0.4, -0.2) is 0 Å². The van der Waals surface area contributed by atoms with Crippen molar-refractivity contribution in [3.05, 3.63) is 138 Å². The monoisotopic (exact) mass is 489 g/mol. The molecule has 1 nitrogen and oxygen atoms in total. The van der Waals surface area contributed by atoms with E-state index >= 15 is 0 Å². The Morgan fingerprint density at radius 3 is 1.76 bits per heavy atom. The molecule has 6 aromatic carbocycles. The van der Waals surface area contributed by atoms with Gasteiger partial charge in [0, 0.05) is 22.5 Å². The predicted octanol–water partition coefficient (Wildman–Crippen LogP) is 10.4. The second-order valence-corrected chi connectivity index (χ2v) is 11.2. The van der Waals surface area contributed by atoms with E-state index in [-0.39, 0.29) is 5.41 Å². The summed E-state index contributed by atoms with van der Waals surface area (Å²) in [6.07, 6.45) is 0. The van der Waals surface area contributed by atoms with E-state index in [0.29, 0.717) is 0 Å². The molecule has 38 heavy (non-hydrogen) atoms. The van der Waals surface area contributed by atoms with E-state index in [4.69, 9.17) is 0 Å². The molecule has 1 heteroatoms. The lowest BCUT2D eigenvalue weighted by Gasteiger charge is -2.28. The van der Waals surface area contributed by atoms with Crippen molar-refractivity contribution in [2.45, 2.75) is 33.1 Å². The third-order valence-corrected chi connectivity index (χ3v) is 8.48. The standard InChI is InChI=1S/C37H31N/c1-24-10-5-7-14-33(24)38(34-15-8-6-11-25(34)2)30-20-18-26(19-21-30)29-22-28-17-16-27-12-9-13-31-35(27)36(28)32(23-29)37(31,3)4/h5-23H,1-4H3. The highest BCUT2D eigenvalue weighted by Crippen LogP contribution is 2.50. The molecule has 1 aliphatic carbocycles. The lowest BCUT2D eigenvalue weighted by molar-refractivity contribution is 0.663. The Morgan fingerprint density at radius 2 is 1.11 bits per heavy atom. The van der Waals surface area contributed by atoms with Crippen molar-refractivity contribution < 1.29 is 0 Å². The Bertz CT molecular complexity index is 1810. The quantitative estimate of drug-likeness (QED) is 0.223. The molecule has 1 aliphatic rings. The van der Waals surface area contributed by atoms with E-state index < -0.39 is 0 Å². The summed E-state index contributed by atoms with van der Waals surface area (Å²) in [5.74, 6) is 0. The number of aryl methyl sites for hydroxylation is 2. The molecule has 0 atom stereocenters. The van der Waals surface area contributed by atoms with Crippen molar-refractivity contribution in [2.24, 2.45) is 0 Å². The Labute approximate surface area is 225 Å². The number of para-hydroxylation sites is 2. The predicted molar refractivity (Wildman–Crippen MR) is 163 cm³/mol. The van der Waals surface area contributed by atoms with Gasteiger partial charge in [-0.05, 0) is 105 Å². The normalized spacial score (nSPS) is 13.5. The minimum Gasteiger partial charge on any atom is -0.310 e. The van der Waals surface area contributed by atoms with Crippen molar-refractivity contribution in [2.75, 3.05) is 4.90 Å². The molecule has 0 saturated carbocycles. The number of hydrogen-bond acceptors (Lipinski definition) is 1. The SMILES string of the molecule is Cc1ccccc1N(c1ccc(-c2cc3c4c(ccc5cccc(c54)C3(C)C)c2)cc1)c1ccccc1C. The van der Waals surface area contributed by atoms with Crippen LogP contribution in [-0.2, 0) is 5.41 Å². The van der Waals surface area contributed by atoms with Crippen LogP contribution < -0.4 is 4.90 Å². The van der Waals surface area contributed by atoms with Gasteiger partial charge in [0.1, 0.15) is 0 Å². The molecule has 0 spiro atoms. The van der Waals surface area contributed by atoms with E-state index in [1.807, 2.05) is 0 Å². The van der Waals surface area contributed by atoms with Gasteiger partial charge in [-0.15, -0.1) is 0 Å². The minimum atomic E-state index is -0.0101. The van der Waals surface area contributed by atoms with E-state index in [1.54, 1.807) is 0 Å². The lowest BCUT2D eigenvalue weighted by atomic mass is 9.81. The van der Waals surface area contributed by atoms with Crippen LogP contribution in [0.5, 0.6) is 0 Å². The van der Waals surface area contributed by atoms with Crippen molar-refractivity contribution in [1.29, 1.82) is 0 Å². The molecule has 0 heterocycles. The molecule has 0 N–H and O–H groups in total. The third kappa shape index (κ3) is 3.32. The number of hydrogen-bond donors (Lipinski definition) is 0. The highest BCUT2D eigenvalue weighted by molar-refractivity contribution is 6.15. The Balaban J connectivity index is 1.36. The zero-order valence-corrected chi connectivity index (χ0v) is 22.4. The molecule has 0 amide bonds. The van der Waals surface area contributed by atoms with Crippen LogP contribution in [0.4, 0.5) is 17.1 Å². The number of rotatable bonds is 4. The fraction of sp³-hybridized carbons (Fsp3) is 0.135. The van der Waals surface area contributed by atoms with E-state index in [1.165, 1.54) is 66.3 Å². The first kappa shape index (κ1) is 22.8. The molecule has 0 radical (unpaired) electrons. The van der Waals surface area contributed by atoms with E-state index in [0.717, 1.165) is 5.69 Å². The van der Waals surface area contributed by atoms with Gasteiger partial charge < -0.3 is 4.90 Å². The maximum Gasteiger partial charge on any atom is 0.0490 e. The van der Waals surface area contributed by atoms with Gasteiger partial charge in [-0.25, -0.2) is 0 Å². The molecular weight excluding hydrogens is 458 g/mol. The summed E-state index contributed by atoms with van der Waals surface area (Å²) < 4.78 is 0. The first-order chi connectivity index (χ1) is 18.4. The molecular formula is C37H31N. The van der Waals surface area contributed by atoms with Gasteiger partial charge in [-0.2, -0.15) is 0 Å². The Hall–Kier alpha value is -4.36. The van der Waals surface area contributed by atoms with Gasteiger partial charge in [-0.3, -0.25) is 0 Å². The zero-order chi connectivity index (χ0) is 26.0. The van der Waals surface area contributed by atoms with Crippen molar-refractivity contribution in [3.8, 4) is 11.1 Å². The van der Waals surface area contributed by atoms with Crippen LogP contribution in [0.15, 0.2) is 115 Å². The van der Waals surface area contributed by atoms with Crippen LogP contribution in [0.2, 0.25) is 0 Å². The van der Waals surface area contributed by atoms with Gasteiger partial charge in [0.05, 0.1) is 0 Å². The van der Waals surface area contributed by atoms with Crippen molar-refractivity contribution in [1.82, 2.24) is 0 Å². The van der Waals surface area contributed by atoms with Crippen LogP contribution in [0.25, 0.3) is 32.7 Å². The lowest BCUT2D eigenvalue weighted by Crippen LogP contribution is -2.15. The maximum atomic E-state index is 2.43. The smallest absolute Gasteiger partial charge is 0.0490 e. The summed E-state index contributed by atoms with van der Waals surface area (Å²) in [6.45, 7) is 9.10. The average molecular weight is 490 g/mol. The van der Waals surface area contributed by atoms with E-state index in [9.17, 15) is 0 Å². The molecule has 0 bridgehead atoms. The highest BCUT2D eigenvalue weighted by atomic mass is 15.1. The van der Waals surface area contributed by atoms with Gasteiger partial charge in [0.15, 0.2) is 0 Å². The van der Waals surface area contributed by atoms with Crippen molar-refractivity contribution in [3.63, 3.8) is 0 Å². The topological polar surface area (TPSA) is 3.24 Å². The third-order valence-electron chi connectivity index (χ3n) is 8.48. The fourth-order valence-corrected chi connectivity index (χ4v) is 6.41. The first-order valence-corrected chi connectivity index (χ1v) is 13.5. The van der Waals surface area contributed by atoms with Gasteiger partial charge in [0.25, 0.3) is 0 Å². The second-order valence-electron chi connectivity index (χ2n) is 11.2. The van der Waals surface area contributed by atoms with Crippen LogP contribution in [0, 0.1) is 13.8 Å². The summed E-state index contributed by atoms with van der Waals surface area (Å²) >= 11 is 0. The summed E-state index contributed by atoms with van der Waals surface area (Å²) in [5, 5.41) is 5.52. The maximum absolute atomic E-state index is 2.43. The van der Waals surface area contributed by atoms with Gasteiger partial charge in [0.2, 0.25) is 0 Å². The molecule has 6 aromatic rings. The molecule has 0 saturated heterocycles. The number of nitrogens with zero attached hydrogens (tertiary/aromatic N) is 1. The minimum absolute atomic E-state index is 0.0101. The number of anilines is 3. The summed E-state index contributed by atoms with van der Waals surface area (Å²) in [4.78, 5) is 2.38. The molecule has 0 aromatic heterocycles. The number of benzene rings is 6. The van der Waals surface area contributed by atoms with Crippen LogP contribution >= 0.6 is 0 Å². The zero-order valence-electron chi connectivity index (χ0n) is 22.4. The molecule has 0 unspecified atom stereocenters. The Morgan fingerprint density at radius 1 is 0.500 bits per heavy atom. The second kappa shape index (κ2) is 8.33. The molecule has 0 fully saturated rings. The van der Waals surface area contributed by atoms with E-state index in [2.05, 4.69) is 148 Å². The highest BCUT2D eigenvalue weighted by Gasteiger charge is 2.34. The summed E-state index contributed by atoms with van der Waals surface area (Å²) in [6, 6.07) is 42.4. The van der Waals surface area contributed by atoms with Gasteiger partial charge >= 0.3 is 0 Å². The largest absolute Gasteiger partial charge is 0.310 e. The first-order valence-electron chi connectivity index (χ1n) is 13.5. The Kier molecular flexibility index (Phi) is 5.00. The molecule has 7 rings (SSSR count).